The first-order valence-corrected chi connectivity index (χ1v) is 6.17. The van der Waals surface area contributed by atoms with E-state index in [-0.39, 0.29) is 0 Å². The molecule has 1 atom stereocenters. The van der Waals surface area contributed by atoms with Crippen LogP contribution in [0.3, 0.4) is 0 Å². The Bertz CT molecular complexity index is 185. The topological polar surface area (TPSA) is 15.3 Å². The van der Waals surface area contributed by atoms with Crippen molar-refractivity contribution in [2.75, 3.05) is 20.1 Å². The van der Waals surface area contributed by atoms with E-state index in [0.29, 0.717) is 5.54 Å². The minimum Gasteiger partial charge on any atom is -0.310 e. The molecular formula is C12H24N2. The smallest absolute Gasteiger partial charge is 0.0308 e. The lowest BCUT2D eigenvalue weighted by Gasteiger charge is -2.39. The molecule has 0 bridgehead atoms. The minimum absolute atomic E-state index is 0.470. The van der Waals surface area contributed by atoms with Crippen molar-refractivity contribution in [3.63, 3.8) is 0 Å². The number of nitrogens with zero attached hydrogens (tertiary/aromatic N) is 1. The first-order chi connectivity index (χ1) is 6.72. The van der Waals surface area contributed by atoms with Crippen molar-refractivity contribution in [2.45, 2.75) is 57.0 Å². The van der Waals surface area contributed by atoms with Crippen LogP contribution in [0.25, 0.3) is 0 Å². The highest BCUT2D eigenvalue weighted by atomic mass is 15.2. The lowest BCUT2D eigenvalue weighted by Crippen LogP contribution is -2.52. The van der Waals surface area contributed by atoms with Gasteiger partial charge in [-0.25, -0.2) is 0 Å². The minimum atomic E-state index is 0.470. The van der Waals surface area contributed by atoms with Crippen LogP contribution in [0.4, 0.5) is 0 Å². The molecule has 14 heavy (non-hydrogen) atoms. The summed E-state index contributed by atoms with van der Waals surface area (Å²) in [5.41, 5.74) is 0.470. The van der Waals surface area contributed by atoms with Gasteiger partial charge in [-0.15, -0.1) is 0 Å². The van der Waals surface area contributed by atoms with Crippen LogP contribution < -0.4 is 5.32 Å². The summed E-state index contributed by atoms with van der Waals surface area (Å²) in [4.78, 5) is 2.55. The van der Waals surface area contributed by atoms with Gasteiger partial charge in [0.05, 0.1) is 0 Å². The first-order valence-electron chi connectivity index (χ1n) is 6.17. The summed E-state index contributed by atoms with van der Waals surface area (Å²) in [5, 5.41) is 3.82. The summed E-state index contributed by atoms with van der Waals surface area (Å²) < 4.78 is 0. The van der Waals surface area contributed by atoms with E-state index in [0.717, 1.165) is 6.04 Å². The molecule has 1 heterocycles. The second kappa shape index (κ2) is 4.19. The lowest BCUT2D eigenvalue weighted by atomic mass is 9.81. The van der Waals surface area contributed by atoms with Crippen LogP contribution >= 0.6 is 0 Å². The molecule has 0 amide bonds. The Balaban J connectivity index is 2.03. The summed E-state index contributed by atoms with van der Waals surface area (Å²) in [7, 11) is 2.29. The molecule has 1 saturated carbocycles. The summed E-state index contributed by atoms with van der Waals surface area (Å²) in [6.45, 7) is 4.82. The zero-order valence-corrected chi connectivity index (χ0v) is 9.68. The van der Waals surface area contributed by atoms with E-state index in [1.165, 1.54) is 51.6 Å². The second-order valence-electron chi connectivity index (χ2n) is 5.32. The van der Waals surface area contributed by atoms with Crippen molar-refractivity contribution in [3.05, 3.63) is 0 Å². The maximum absolute atomic E-state index is 3.82. The highest BCUT2D eigenvalue weighted by Crippen LogP contribution is 2.30. The van der Waals surface area contributed by atoms with Crippen LogP contribution in [0.2, 0.25) is 0 Å². The van der Waals surface area contributed by atoms with Gasteiger partial charge in [-0.3, -0.25) is 0 Å². The monoisotopic (exact) mass is 196 g/mol. The van der Waals surface area contributed by atoms with Gasteiger partial charge in [0.1, 0.15) is 0 Å². The van der Waals surface area contributed by atoms with Crippen LogP contribution in [0.15, 0.2) is 0 Å². The van der Waals surface area contributed by atoms with Crippen molar-refractivity contribution in [1.29, 1.82) is 0 Å². The van der Waals surface area contributed by atoms with Crippen LogP contribution in [0.1, 0.15) is 45.4 Å². The summed E-state index contributed by atoms with van der Waals surface area (Å²) in [6, 6.07) is 0.754. The van der Waals surface area contributed by atoms with E-state index in [4.69, 9.17) is 0 Å². The van der Waals surface area contributed by atoms with Crippen molar-refractivity contribution in [1.82, 2.24) is 10.2 Å². The predicted molar refractivity (Wildman–Crippen MR) is 60.5 cm³/mol. The lowest BCUT2D eigenvalue weighted by molar-refractivity contribution is 0.162. The number of nitrogens with one attached hydrogen (secondary N) is 1. The number of rotatable bonds is 0. The highest BCUT2D eigenvalue weighted by Gasteiger charge is 2.35. The quantitative estimate of drug-likeness (QED) is 0.637. The summed E-state index contributed by atoms with van der Waals surface area (Å²) in [5.74, 6) is 0. The summed E-state index contributed by atoms with van der Waals surface area (Å²) >= 11 is 0. The fourth-order valence-corrected chi connectivity index (χ4v) is 3.02. The third kappa shape index (κ3) is 2.12. The first kappa shape index (κ1) is 10.4. The molecule has 0 aromatic rings. The third-order valence-electron chi connectivity index (χ3n) is 4.18. The third-order valence-corrected chi connectivity index (χ3v) is 4.18. The van der Waals surface area contributed by atoms with Crippen molar-refractivity contribution < 1.29 is 0 Å². The largest absolute Gasteiger partial charge is 0.310 e. The van der Waals surface area contributed by atoms with Crippen LogP contribution in [0.5, 0.6) is 0 Å². The molecule has 0 aromatic carbocycles. The van der Waals surface area contributed by atoms with Gasteiger partial charge in [0.25, 0.3) is 0 Å². The number of hydrogen-bond donors (Lipinski definition) is 1. The molecule has 1 saturated heterocycles. The van der Waals surface area contributed by atoms with E-state index >= 15 is 0 Å². The fourth-order valence-electron chi connectivity index (χ4n) is 3.02. The van der Waals surface area contributed by atoms with Gasteiger partial charge < -0.3 is 10.2 Å². The van der Waals surface area contributed by atoms with Gasteiger partial charge in [-0.05, 0) is 39.8 Å². The molecule has 2 heteroatoms. The molecule has 0 radical (unpaired) electrons. The molecule has 1 aliphatic heterocycles. The standard InChI is InChI=1S/C12H24N2/c1-11-6-9-13-12(10-14(11)2)7-4-3-5-8-12/h11,13H,3-10H2,1-2H3. The van der Waals surface area contributed by atoms with Gasteiger partial charge in [-0.2, -0.15) is 0 Å². The van der Waals surface area contributed by atoms with Gasteiger partial charge in [0.15, 0.2) is 0 Å². The zero-order chi connectivity index (χ0) is 10.0. The van der Waals surface area contributed by atoms with Gasteiger partial charge in [0.2, 0.25) is 0 Å². The number of likely N-dealkylation sites (N-methyl/N-ethyl adjacent to an activating group) is 1. The molecule has 1 aliphatic carbocycles. The summed E-state index contributed by atoms with van der Waals surface area (Å²) in [6.07, 6.45) is 8.39. The Hall–Kier alpha value is -0.0800. The van der Waals surface area contributed by atoms with Crippen LogP contribution in [-0.2, 0) is 0 Å². The van der Waals surface area contributed by atoms with Gasteiger partial charge in [0, 0.05) is 18.1 Å². The average Bonchev–Trinajstić information content (AvgIpc) is 2.30. The zero-order valence-electron chi connectivity index (χ0n) is 9.68. The maximum atomic E-state index is 3.82. The Morgan fingerprint density at radius 3 is 2.64 bits per heavy atom. The average molecular weight is 196 g/mol. The van der Waals surface area contributed by atoms with Crippen molar-refractivity contribution in [3.8, 4) is 0 Å². The molecule has 2 nitrogen and oxygen atoms in total. The number of hydrogen-bond acceptors (Lipinski definition) is 2. The molecule has 2 fully saturated rings. The van der Waals surface area contributed by atoms with Crippen molar-refractivity contribution in [2.24, 2.45) is 0 Å². The maximum Gasteiger partial charge on any atom is 0.0308 e. The predicted octanol–water partition coefficient (Wildman–Crippen LogP) is 2.00. The van der Waals surface area contributed by atoms with E-state index < -0.39 is 0 Å². The molecular weight excluding hydrogens is 172 g/mol. The van der Waals surface area contributed by atoms with Crippen molar-refractivity contribution >= 4 is 0 Å². The van der Waals surface area contributed by atoms with Crippen LogP contribution in [0, 0.1) is 0 Å². The van der Waals surface area contributed by atoms with E-state index in [2.05, 4.69) is 24.2 Å². The molecule has 2 rings (SSSR count). The molecule has 1 unspecified atom stereocenters. The Kier molecular flexibility index (Phi) is 3.13. The second-order valence-corrected chi connectivity index (χ2v) is 5.32. The molecule has 82 valence electrons. The Morgan fingerprint density at radius 2 is 1.93 bits per heavy atom. The Morgan fingerprint density at radius 1 is 1.21 bits per heavy atom. The molecule has 1 N–H and O–H groups in total. The SMILES string of the molecule is CC1CCNC2(CCCCC2)CN1C. The van der Waals surface area contributed by atoms with E-state index in [1.54, 1.807) is 0 Å². The van der Waals surface area contributed by atoms with Gasteiger partial charge >= 0.3 is 0 Å². The van der Waals surface area contributed by atoms with Gasteiger partial charge in [-0.1, -0.05) is 19.3 Å². The molecule has 1 spiro atoms. The Labute approximate surface area is 88.1 Å². The molecule has 0 aromatic heterocycles. The fraction of sp³-hybridized carbons (Fsp3) is 1.00. The van der Waals surface area contributed by atoms with E-state index in [1.807, 2.05) is 0 Å². The molecule has 2 aliphatic rings. The normalized spacial score (nSPS) is 34.3. The van der Waals surface area contributed by atoms with Crippen LogP contribution in [-0.4, -0.2) is 36.6 Å². The van der Waals surface area contributed by atoms with E-state index in [9.17, 15) is 0 Å². The highest BCUT2D eigenvalue weighted by molar-refractivity contribution is 4.95.